The van der Waals surface area contributed by atoms with Gasteiger partial charge in [0.05, 0.1) is 0 Å². The molecule has 17 heavy (non-hydrogen) atoms. The summed E-state index contributed by atoms with van der Waals surface area (Å²) in [5.41, 5.74) is 0.365. The monoisotopic (exact) mass is 300 g/mol. The number of aromatic nitrogens is 1. The van der Waals surface area contributed by atoms with Crippen LogP contribution in [0.4, 0.5) is 0 Å². The zero-order chi connectivity index (χ0) is 12.3. The molecule has 1 aliphatic rings. The summed E-state index contributed by atoms with van der Waals surface area (Å²) in [6.45, 7) is 2.49. The molecule has 0 radical (unpaired) electrons. The minimum absolute atomic E-state index is 0.146. The molecule has 1 heterocycles. The maximum absolute atomic E-state index is 11.8. The fraction of sp³-hybridized carbons (Fsp3) is 0.667. The Labute approximate surface area is 109 Å². The number of amides is 1. The van der Waals surface area contributed by atoms with Gasteiger partial charge in [0.2, 0.25) is 0 Å². The van der Waals surface area contributed by atoms with E-state index in [0.717, 1.165) is 0 Å². The molecule has 0 aliphatic heterocycles. The summed E-state index contributed by atoms with van der Waals surface area (Å²) >= 11 is 3.68. The van der Waals surface area contributed by atoms with Crippen molar-refractivity contribution in [2.75, 3.05) is 6.54 Å². The summed E-state index contributed by atoms with van der Waals surface area (Å²) in [6, 6.07) is 1.65. The van der Waals surface area contributed by atoms with Gasteiger partial charge in [-0.1, -0.05) is 33.9 Å². The second-order valence-electron chi connectivity index (χ2n) is 4.59. The third-order valence-electron chi connectivity index (χ3n) is 3.20. The Morgan fingerprint density at radius 2 is 2.35 bits per heavy atom. The molecule has 2 unspecified atom stereocenters. The van der Waals surface area contributed by atoms with E-state index in [9.17, 15) is 4.79 Å². The first-order valence-corrected chi connectivity index (χ1v) is 6.94. The number of nitrogens with zero attached hydrogens (tertiary/aromatic N) is 1. The number of aryl methyl sites for hydroxylation is 1. The Bertz CT molecular complexity index is 392. The maximum Gasteiger partial charge on any atom is 0.273 e. The second-order valence-corrected chi connectivity index (χ2v) is 5.77. The van der Waals surface area contributed by atoms with Crippen LogP contribution in [-0.4, -0.2) is 22.4 Å². The normalized spacial score (nSPS) is 24.6. The molecule has 0 bridgehead atoms. The van der Waals surface area contributed by atoms with Crippen molar-refractivity contribution < 1.29 is 9.32 Å². The first-order valence-electron chi connectivity index (χ1n) is 6.02. The van der Waals surface area contributed by atoms with Crippen LogP contribution in [0.3, 0.4) is 0 Å². The molecular formula is C12H17BrN2O2. The number of alkyl halides is 1. The molecule has 5 heteroatoms. The van der Waals surface area contributed by atoms with Crippen LogP contribution in [0.2, 0.25) is 0 Å². The van der Waals surface area contributed by atoms with Crippen molar-refractivity contribution in [3.8, 4) is 0 Å². The Hall–Kier alpha value is -0.840. The van der Waals surface area contributed by atoms with Crippen LogP contribution in [0.25, 0.3) is 0 Å². The van der Waals surface area contributed by atoms with Gasteiger partial charge < -0.3 is 9.84 Å². The van der Waals surface area contributed by atoms with Crippen LogP contribution in [0.15, 0.2) is 10.6 Å². The Morgan fingerprint density at radius 3 is 3.00 bits per heavy atom. The van der Waals surface area contributed by atoms with E-state index in [4.69, 9.17) is 4.52 Å². The lowest BCUT2D eigenvalue weighted by Crippen LogP contribution is -2.34. The molecule has 1 aliphatic carbocycles. The molecular weight excluding hydrogens is 284 g/mol. The Morgan fingerprint density at radius 1 is 1.59 bits per heavy atom. The van der Waals surface area contributed by atoms with E-state index in [0.29, 0.717) is 28.7 Å². The fourth-order valence-corrected chi connectivity index (χ4v) is 2.96. The smallest absolute Gasteiger partial charge is 0.273 e. The van der Waals surface area contributed by atoms with Gasteiger partial charge in [0.1, 0.15) is 5.76 Å². The standard InChI is InChI=1S/C12H17BrN2O2/c1-8-6-11(15-17-8)12(16)14-7-9-4-2-3-5-10(9)13/h6,9-10H,2-5,7H2,1H3,(H,14,16). The number of hydrogen-bond acceptors (Lipinski definition) is 3. The predicted molar refractivity (Wildman–Crippen MR) is 68.2 cm³/mol. The van der Waals surface area contributed by atoms with Crippen molar-refractivity contribution in [2.45, 2.75) is 37.4 Å². The second kappa shape index (κ2) is 5.67. The molecule has 1 amide bonds. The summed E-state index contributed by atoms with van der Waals surface area (Å²) < 4.78 is 4.88. The van der Waals surface area contributed by atoms with Gasteiger partial charge in [0, 0.05) is 17.4 Å². The molecule has 0 spiro atoms. The highest BCUT2D eigenvalue weighted by Crippen LogP contribution is 2.29. The maximum atomic E-state index is 11.8. The third kappa shape index (κ3) is 3.31. The highest BCUT2D eigenvalue weighted by Gasteiger charge is 2.23. The highest BCUT2D eigenvalue weighted by molar-refractivity contribution is 9.09. The van der Waals surface area contributed by atoms with Crippen LogP contribution in [0.1, 0.15) is 41.9 Å². The molecule has 1 N–H and O–H groups in total. The van der Waals surface area contributed by atoms with E-state index < -0.39 is 0 Å². The molecule has 1 aromatic rings. The first-order chi connectivity index (χ1) is 8.16. The van der Waals surface area contributed by atoms with Gasteiger partial charge in [-0.15, -0.1) is 0 Å². The topological polar surface area (TPSA) is 55.1 Å². The van der Waals surface area contributed by atoms with Crippen LogP contribution in [0, 0.1) is 12.8 Å². The lowest BCUT2D eigenvalue weighted by atomic mass is 9.89. The van der Waals surface area contributed by atoms with Gasteiger partial charge in [-0.05, 0) is 25.7 Å². The van der Waals surface area contributed by atoms with Crippen molar-refractivity contribution in [2.24, 2.45) is 5.92 Å². The van der Waals surface area contributed by atoms with Crippen LogP contribution < -0.4 is 5.32 Å². The average molecular weight is 301 g/mol. The Kier molecular flexibility index (Phi) is 4.20. The highest BCUT2D eigenvalue weighted by atomic mass is 79.9. The van der Waals surface area contributed by atoms with Gasteiger partial charge in [0.15, 0.2) is 5.69 Å². The number of rotatable bonds is 3. The van der Waals surface area contributed by atoms with Crippen LogP contribution in [-0.2, 0) is 0 Å². The lowest BCUT2D eigenvalue weighted by molar-refractivity contribution is 0.0935. The molecule has 0 aromatic carbocycles. The largest absolute Gasteiger partial charge is 0.361 e. The van der Waals surface area contributed by atoms with Crippen molar-refractivity contribution in [3.05, 3.63) is 17.5 Å². The zero-order valence-electron chi connectivity index (χ0n) is 9.91. The quantitative estimate of drug-likeness (QED) is 0.873. The van der Waals surface area contributed by atoms with Gasteiger partial charge in [-0.25, -0.2) is 0 Å². The predicted octanol–water partition coefficient (Wildman–Crippen LogP) is 2.67. The van der Waals surface area contributed by atoms with Gasteiger partial charge in [-0.2, -0.15) is 0 Å². The van der Waals surface area contributed by atoms with Crippen molar-refractivity contribution in [3.63, 3.8) is 0 Å². The summed E-state index contributed by atoms with van der Waals surface area (Å²) in [4.78, 5) is 12.3. The van der Waals surface area contributed by atoms with Crippen LogP contribution >= 0.6 is 15.9 Å². The summed E-state index contributed by atoms with van der Waals surface area (Å²) in [5.74, 6) is 1.04. The SMILES string of the molecule is Cc1cc(C(=O)NCC2CCCCC2Br)no1. The molecule has 2 atom stereocenters. The lowest BCUT2D eigenvalue weighted by Gasteiger charge is -2.27. The summed E-state index contributed by atoms with van der Waals surface area (Å²) in [5, 5.41) is 6.62. The molecule has 4 nitrogen and oxygen atoms in total. The van der Waals surface area contributed by atoms with E-state index in [2.05, 4.69) is 26.4 Å². The van der Waals surface area contributed by atoms with Crippen molar-refractivity contribution in [1.82, 2.24) is 10.5 Å². The molecule has 2 rings (SSSR count). The van der Waals surface area contributed by atoms with Crippen LogP contribution in [0.5, 0.6) is 0 Å². The molecule has 1 aromatic heterocycles. The van der Waals surface area contributed by atoms with E-state index in [1.807, 2.05) is 0 Å². The molecule has 1 fully saturated rings. The van der Waals surface area contributed by atoms with Gasteiger partial charge in [-0.3, -0.25) is 4.79 Å². The van der Waals surface area contributed by atoms with E-state index >= 15 is 0 Å². The summed E-state index contributed by atoms with van der Waals surface area (Å²) in [6.07, 6.45) is 4.91. The Balaban J connectivity index is 1.83. The molecule has 94 valence electrons. The number of hydrogen-bond donors (Lipinski definition) is 1. The van der Waals surface area contributed by atoms with E-state index in [1.54, 1.807) is 13.0 Å². The number of carbonyl (C=O) groups excluding carboxylic acids is 1. The van der Waals surface area contributed by atoms with Gasteiger partial charge in [0.25, 0.3) is 5.91 Å². The van der Waals surface area contributed by atoms with Crippen molar-refractivity contribution in [1.29, 1.82) is 0 Å². The van der Waals surface area contributed by atoms with Crippen molar-refractivity contribution >= 4 is 21.8 Å². The number of nitrogens with one attached hydrogen (secondary N) is 1. The first kappa shape index (κ1) is 12.6. The summed E-state index contributed by atoms with van der Waals surface area (Å²) in [7, 11) is 0. The van der Waals surface area contributed by atoms with E-state index in [1.165, 1.54) is 25.7 Å². The minimum Gasteiger partial charge on any atom is -0.361 e. The molecule has 0 saturated heterocycles. The molecule has 1 saturated carbocycles. The average Bonchev–Trinajstić information content (AvgIpc) is 2.74. The third-order valence-corrected chi connectivity index (χ3v) is 4.41. The van der Waals surface area contributed by atoms with E-state index in [-0.39, 0.29) is 5.91 Å². The number of halogens is 1. The fourth-order valence-electron chi connectivity index (χ4n) is 2.18. The minimum atomic E-state index is -0.146. The number of carbonyl (C=O) groups is 1. The zero-order valence-corrected chi connectivity index (χ0v) is 11.5. The van der Waals surface area contributed by atoms with Gasteiger partial charge >= 0.3 is 0 Å².